The summed E-state index contributed by atoms with van der Waals surface area (Å²) in [7, 11) is 0. The lowest BCUT2D eigenvalue weighted by molar-refractivity contribution is 0.0492. The summed E-state index contributed by atoms with van der Waals surface area (Å²) in [6, 6.07) is 1.74. The first-order chi connectivity index (χ1) is 7.88. The molecule has 0 radical (unpaired) electrons. The van der Waals surface area contributed by atoms with Crippen LogP contribution in [0.2, 0.25) is 0 Å². The first-order valence-corrected chi connectivity index (χ1v) is 5.43. The van der Waals surface area contributed by atoms with Crippen molar-refractivity contribution in [1.82, 2.24) is 15.0 Å². The van der Waals surface area contributed by atoms with Gasteiger partial charge in [0.1, 0.15) is 0 Å². The number of nitrogens with zero attached hydrogens (tertiary/aromatic N) is 3. The maximum absolute atomic E-state index is 5.30. The van der Waals surface area contributed by atoms with Crippen molar-refractivity contribution < 1.29 is 9.47 Å². The number of ether oxygens (including phenoxy) is 2. The van der Waals surface area contributed by atoms with Crippen molar-refractivity contribution >= 4 is 5.95 Å². The summed E-state index contributed by atoms with van der Waals surface area (Å²) < 4.78 is 10.6. The van der Waals surface area contributed by atoms with Gasteiger partial charge in [0, 0.05) is 25.4 Å². The van der Waals surface area contributed by atoms with Gasteiger partial charge in [-0.3, -0.25) is 5.43 Å². The zero-order chi connectivity index (χ0) is 11.2. The summed E-state index contributed by atoms with van der Waals surface area (Å²) in [5, 5.41) is 2.04. The number of nitrogens with one attached hydrogen (secondary N) is 1. The third-order valence-electron chi connectivity index (χ3n) is 2.19. The summed E-state index contributed by atoms with van der Waals surface area (Å²) >= 11 is 0. The number of anilines is 1. The zero-order valence-electron chi connectivity index (χ0n) is 9.35. The quantitative estimate of drug-likeness (QED) is 0.805. The molecule has 1 aliphatic rings. The Labute approximate surface area is 94.6 Å². The second kappa shape index (κ2) is 5.62. The second-order valence-electron chi connectivity index (χ2n) is 3.36. The fourth-order valence-corrected chi connectivity index (χ4v) is 1.44. The molecule has 6 heteroatoms. The lowest BCUT2D eigenvalue weighted by Crippen LogP contribution is -2.40. The van der Waals surface area contributed by atoms with Crippen LogP contribution in [0.1, 0.15) is 6.92 Å². The van der Waals surface area contributed by atoms with E-state index in [0.717, 1.165) is 26.3 Å². The molecule has 0 amide bonds. The van der Waals surface area contributed by atoms with Crippen molar-refractivity contribution in [2.45, 2.75) is 6.92 Å². The lowest BCUT2D eigenvalue weighted by atomic mass is 10.5. The molecule has 1 N–H and O–H groups in total. The summed E-state index contributed by atoms with van der Waals surface area (Å²) in [6.45, 7) is 5.67. The number of hydrazine groups is 1. The number of rotatable bonds is 4. The molecule has 1 aromatic rings. The molecule has 1 aromatic heterocycles. The number of aromatic nitrogens is 2. The van der Waals surface area contributed by atoms with Crippen LogP contribution in [0.3, 0.4) is 0 Å². The van der Waals surface area contributed by atoms with E-state index in [1.54, 1.807) is 12.3 Å². The molecule has 0 spiro atoms. The van der Waals surface area contributed by atoms with Crippen molar-refractivity contribution in [1.29, 1.82) is 0 Å². The molecule has 16 heavy (non-hydrogen) atoms. The third-order valence-corrected chi connectivity index (χ3v) is 2.19. The highest BCUT2D eigenvalue weighted by Crippen LogP contribution is 2.09. The first kappa shape index (κ1) is 11.1. The first-order valence-electron chi connectivity index (χ1n) is 5.43. The number of hydrogen-bond acceptors (Lipinski definition) is 6. The molecular weight excluding hydrogens is 208 g/mol. The molecule has 0 atom stereocenters. The van der Waals surface area contributed by atoms with E-state index >= 15 is 0 Å². The topological polar surface area (TPSA) is 59.5 Å². The molecule has 0 bridgehead atoms. The number of morpholine rings is 1. The van der Waals surface area contributed by atoms with Crippen molar-refractivity contribution in [3.63, 3.8) is 0 Å². The van der Waals surface area contributed by atoms with Crippen molar-refractivity contribution in [2.75, 3.05) is 38.3 Å². The predicted molar refractivity (Wildman–Crippen MR) is 59.2 cm³/mol. The number of hydrogen-bond donors (Lipinski definition) is 1. The molecule has 88 valence electrons. The minimum atomic E-state index is 0.563. The van der Waals surface area contributed by atoms with Crippen LogP contribution in [0, 0.1) is 0 Å². The fraction of sp³-hybridized carbons (Fsp3) is 0.600. The molecule has 1 fully saturated rings. The Morgan fingerprint density at radius 3 is 3.06 bits per heavy atom. The van der Waals surface area contributed by atoms with E-state index in [0.29, 0.717) is 18.4 Å². The molecule has 0 aromatic carbocycles. The van der Waals surface area contributed by atoms with Crippen LogP contribution >= 0.6 is 0 Å². The average molecular weight is 224 g/mol. The highest BCUT2D eigenvalue weighted by Gasteiger charge is 2.11. The van der Waals surface area contributed by atoms with Crippen LogP contribution in [-0.4, -0.2) is 47.9 Å². The molecule has 0 saturated carbocycles. The van der Waals surface area contributed by atoms with Gasteiger partial charge in [-0.2, -0.15) is 4.98 Å². The van der Waals surface area contributed by atoms with E-state index < -0.39 is 0 Å². The molecule has 2 rings (SSSR count). The Morgan fingerprint density at radius 1 is 1.50 bits per heavy atom. The van der Waals surface area contributed by atoms with Gasteiger partial charge in [0.05, 0.1) is 19.8 Å². The van der Waals surface area contributed by atoms with E-state index in [-0.39, 0.29) is 0 Å². The second-order valence-corrected chi connectivity index (χ2v) is 3.36. The van der Waals surface area contributed by atoms with Gasteiger partial charge < -0.3 is 9.47 Å². The predicted octanol–water partition coefficient (Wildman–Crippen LogP) is 0.534. The van der Waals surface area contributed by atoms with Gasteiger partial charge in [0.2, 0.25) is 11.8 Å². The van der Waals surface area contributed by atoms with Crippen LogP contribution in [0.4, 0.5) is 5.95 Å². The molecule has 6 nitrogen and oxygen atoms in total. The van der Waals surface area contributed by atoms with Crippen LogP contribution in [-0.2, 0) is 4.74 Å². The van der Waals surface area contributed by atoms with Gasteiger partial charge in [-0.25, -0.2) is 9.99 Å². The van der Waals surface area contributed by atoms with E-state index in [4.69, 9.17) is 9.47 Å². The SMILES string of the molecule is CCOc1ccnc(NN2CCOCC2)n1. The summed E-state index contributed by atoms with van der Waals surface area (Å²) in [6.07, 6.45) is 1.68. The minimum Gasteiger partial charge on any atom is -0.478 e. The molecule has 0 aliphatic carbocycles. The largest absolute Gasteiger partial charge is 0.478 e. The van der Waals surface area contributed by atoms with E-state index in [1.165, 1.54) is 0 Å². The fourth-order valence-electron chi connectivity index (χ4n) is 1.44. The van der Waals surface area contributed by atoms with Crippen molar-refractivity contribution in [2.24, 2.45) is 0 Å². The minimum absolute atomic E-state index is 0.563. The van der Waals surface area contributed by atoms with Crippen LogP contribution in [0.25, 0.3) is 0 Å². The molecule has 1 aliphatic heterocycles. The average Bonchev–Trinajstić information content (AvgIpc) is 2.31. The van der Waals surface area contributed by atoms with Crippen LogP contribution < -0.4 is 10.2 Å². The smallest absolute Gasteiger partial charge is 0.240 e. The summed E-state index contributed by atoms with van der Waals surface area (Å²) in [5.74, 6) is 1.15. The monoisotopic (exact) mass is 224 g/mol. The van der Waals surface area contributed by atoms with Crippen molar-refractivity contribution in [3.05, 3.63) is 12.3 Å². The van der Waals surface area contributed by atoms with Crippen LogP contribution in [0.15, 0.2) is 12.3 Å². The maximum atomic E-state index is 5.30. The Kier molecular flexibility index (Phi) is 3.90. The lowest BCUT2D eigenvalue weighted by Gasteiger charge is -2.26. The zero-order valence-corrected chi connectivity index (χ0v) is 9.35. The highest BCUT2D eigenvalue weighted by molar-refractivity contribution is 5.26. The molecule has 1 saturated heterocycles. The van der Waals surface area contributed by atoms with Gasteiger partial charge in [-0.1, -0.05) is 0 Å². The van der Waals surface area contributed by atoms with E-state index in [2.05, 4.69) is 15.4 Å². The van der Waals surface area contributed by atoms with Gasteiger partial charge in [0.15, 0.2) is 0 Å². The van der Waals surface area contributed by atoms with E-state index in [9.17, 15) is 0 Å². The van der Waals surface area contributed by atoms with E-state index in [1.807, 2.05) is 11.9 Å². The highest BCUT2D eigenvalue weighted by atomic mass is 16.5. The maximum Gasteiger partial charge on any atom is 0.240 e. The molecule has 0 unspecified atom stereocenters. The van der Waals surface area contributed by atoms with Crippen LogP contribution in [0.5, 0.6) is 5.88 Å². The molecular formula is C10H16N4O2. The van der Waals surface area contributed by atoms with Gasteiger partial charge in [0.25, 0.3) is 0 Å². The standard InChI is InChI=1S/C10H16N4O2/c1-2-16-9-3-4-11-10(12-9)13-14-5-7-15-8-6-14/h3-4H,2,5-8H2,1H3,(H,11,12,13). The Morgan fingerprint density at radius 2 is 2.31 bits per heavy atom. The Bertz CT molecular complexity index is 328. The normalized spacial score (nSPS) is 17.1. The third kappa shape index (κ3) is 3.04. The van der Waals surface area contributed by atoms with Crippen molar-refractivity contribution in [3.8, 4) is 5.88 Å². The van der Waals surface area contributed by atoms with Gasteiger partial charge in [-0.05, 0) is 6.92 Å². The molecule has 2 heterocycles. The van der Waals surface area contributed by atoms with Gasteiger partial charge in [-0.15, -0.1) is 0 Å². The Hall–Kier alpha value is -1.40. The summed E-state index contributed by atoms with van der Waals surface area (Å²) in [4.78, 5) is 8.36. The summed E-state index contributed by atoms with van der Waals surface area (Å²) in [5.41, 5.74) is 3.13. The van der Waals surface area contributed by atoms with Gasteiger partial charge >= 0.3 is 0 Å². The Balaban J connectivity index is 1.94.